The summed E-state index contributed by atoms with van der Waals surface area (Å²) in [5.74, 6) is 0.928. The first-order valence-electron chi connectivity index (χ1n) is 12.6. The van der Waals surface area contributed by atoms with E-state index in [0.29, 0.717) is 22.9 Å². The average molecular weight is 516 g/mol. The summed E-state index contributed by atoms with van der Waals surface area (Å²) < 4.78 is 32.9. The highest BCUT2D eigenvalue weighted by Gasteiger charge is 2.35. The third kappa shape index (κ3) is 5.39. The highest BCUT2D eigenvalue weighted by Crippen LogP contribution is 2.32. The molecule has 0 bridgehead atoms. The Morgan fingerprint density at radius 1 is 0.895 bits per heavy atom. The zero-order valence-corrected chi connectivity index (χ0v) is 22.0. The van der Waals surface area contributed by atoms with E-state index in [0.717, 1.165) is 48.4 Å². The predicted octanol–water partition coefficient (Wildman–Crippen LogP) is 6.59. The van der Waals surface area contributed by atoms with Crippen molar-refractivity contribution in [1.29, 1.82) is 0 Å². The molecule has 1 aliphatic heterocycles. The van der Waals surface area contributed by atoms with Gasteiger partial charge in [0.1, 0.15) is 23.2 Å². The molecule has 4 aromatic rings. The van der Waals surface area contributed by atoms with E-state index in [1.54, 1.807) is 13.3 Å². The van der Waals surface area contributed by atoms with Gasteiger partial charge in [0.25, 0.3) is 0 Å². The Balaban J connectivity index is 1.34. The number of benzene rings is 3. The topological polar surface area (TPSA) is 53.5 Å². The molecule has 0 saturated carbocycles. The maximum absolute atomic E-state index is 13.8. The van der Waals surface area contributed by atoms with Crippen LogP contribution in [-0.2, 0) is 0 Å². The summed E-state index contributed by atoms with van der Waals surface area (Å²) in [5.41, 5.74) is 3.99. The van der Waals surface area contributed by atoms with Gasteiger partial charge in [-0.15, -0.1) is 0 Å². The molecule has 8 heteroatoms. The first-order chi connectivity index (χ1) is 18.2. The molecule has 0 radical (unpaired) electrons. The number of nitrogens with one attached hydrogen (secondary N) is 1. The monoisotopic (exact) mass is 515 g/mol. The summed E-state index contributed by atoms with van der Waals surface area (Å²) in [4.78, 5) is 13.9. The molecule has 38 heavy (non-hydrogen) atoms. The number of aryl methyl sites for hydroxylation is 1. The fourth-order valence-corrected chi connectivity index (χ4v) is 4.93. The maximum Gasteiger partial charge on any atom is 0.227 e. The van der Waals surface area contributed by atoms with Crippen molar-refractivity contribution >= 4 is 23.1 Å². The van der Waals surface area contributed by atoms with E-state index in [1.807, 2.05) is 43.3 Å². The molecule has 1 saturated heterocycles. The molecule has 0 atom stereocenters. The van der Waals surface area contributed by atoms with Crippen LogP contribution in [0.2, 0.25) is 0 Å². The van der Waals surface area contributed by atoms with Gasteiger partial charge >= 0.3 is 0 Å². The zero-order chi connectivity index (χ0) is 26.9. The molecular formula is C30H31F2N5O. The number of aromatic nitrogens is 2. The highest BCUT2D eigenvalue weighted by atomic mass is 19.1. The average Bonchev–Trinajstić information content (AvgIpc) is 2.89. The molecule has 2 heterocycles. The van der Waals surface area contributed by atoms with Gasteiger partial charge in [0, 0.05) is 43.3 Å². The number of ether oxygens (including phenoxy) is 1. The van der Waals surface area contributed by atoms with E-state index >= 15 is 0 Å². The lowest BCUT2D eigenvalue weighted by Gasteiger charge is -2.48. The second-order valence-electron chi connectivity index (χ2n) is 10.1. The van der Waals surface area contributed by atoms with Gasteiger partial charge in [-0.05, 0) is 86.0 Å². The quantitative estimate of drug-likeness (QED) is 0.313. The summed E-state index contributed by atoms with van der Waals surface area (Å²) in [5, 5.41) is 3.37. The standard InChI is InChI=1S/C30H31F2N5O/c1-20-5-6-21(22-15-23(31)18-24(32)16-22)17-27(20)34-28-11-12-33-29(35-28)36-13-14-37(30(2,3)19-36)25-7-9-26(38-4)10-8-25/h5-12,15-18H,13-14,19H2,1-4H3,(H,33,34,35). The van der Waals surface area contributed by atoms with Crippen LogP contribution in [0.25, 0.3) is 11.1 Å². The molecule has 196 valence electrons. The Morgan fingerprint density at radius 3 is 2.32 bits per heavy atom. The number of hydrogen-bond donors (Lipinski definition) is 1. The molecule has 1 aliphatic rings. The van der Waals surface area contributed by atoms with Crippen molar-refractivity contribution in [3.05, 3.63) is 90.1 Å². The minimum atomic E-state index is -0.606. The summed E-state index contributed by atoms with van der Waals surface area (Å²) >= 11 is 0. The molecule has 1 N–H and O–H groups in total. The smallest absolute Gasteiger partial charge is 0.227 e. The third-order valence-electron chi connectivity index (χ3n) is 6.91. The van der Waals surface area contributed by atoms with Gasteiger partial charge < -0.3 is 19.9 Å². The zero-order valence-electron chi connectivity index (χ0n) is 22.0. The van der Waals surface area contributed by atoms with Crippen LogP contribution in [0, 0.1) is 18.6 Å². The van der Waals surface area contributed by atoms with Gasteiger partial charge in [-0.2, -0.15) is 4.98 Å². The number of methoxy groups -OCH3 is 1. The summed E-state index contributed by atoms with van der Waals surface area (Å²) in [6.07, 6.45) is 1.74. The number of piperazine rings is 1. The van der Waals surface area contributed by atoms with Gasteiger partial charge in [-0.1, -0.05) is 12.1 Å². The van der Waals surface area contributed by atoms with E-state index in [9.17, 15) is 8.78 Å². The molecular weight excluding hydrogens is 484 g/mol. The van der Waals surface area contributed by atoms with E-state index in [-0.39, 0.29) is 5.54 Å². The van der Waals surface area contributed by atoms with Gasteiger partial charge in [-0.3, -0.25) is 0 Å². The number of anilines is 4. The van der Waals surface area contributed by atoms with Crippen molar-refractivity contribution in [2.24, 2.45) is 0 Å². The normalized spacial score (nSPS) is 14.9. The van der Waals surface area contributed by atoms with Crippen molar-refractivity contribution < 1.29 is 13.5 Å². The van der Waals surface area contributed by atoms with Crippen molar-refractivity contribution in [3.63, 3.8) is 0 Å². The molecule has 1 fully saturated rings. The van der Waals surface area contributed by atoms with Crippen LogP contribution in [0.3, 0.4) is 0 Å². The first kappa shape index (κ1) is 25.4. The van der Waals surface area contributed by atoms with Crippen molar-refractivity contribution in [1.82, 2.24) is 9.97 Å². The number of hydrogen-bond acceptors (Lipinski definition) is 6. The van der Waals surface area contributed by atoms with Crippen LogP contribution in [0.5, 0.6) is 5.75 Å². The molecule has 5 rings (SSSR count). The molecule has 1 aromatic heterocycles. The second-order valence-corrected chi connectivity index (χ2v) is 10.1. The molecule has 6 nitrogen and oxygen atoms in total. The first-order valence-corrected chi connectivity index (χ1v) is 12.6. The number of nitrogens with zero attached hydrogens (tertiary/aromatic N) is 4. The minimum absolute atomic E-state index is 0.148. The Hall–Kier alpha value is -4.20. The Kier molecular flexibility index (Phi) is 6.89. The lowest BCUT2D eigenvalue weighted by Crippen LogP contribution is -2.60. The van der Waals surface area contributed by atoms with Gasteiger partial charge in [0.15, 0.2) is 0 Å². The van der Waals surface area contributed by atoms with E-state index in [2.05, 4.69) is 46.1 Å². The summed E-state index contributed by atoms with van der Waals surface area (Å²) in [7, 11) is 1.67. The highest BCUT2D eigenvalue weighted by molar-refractivity contribution is 5.72. The van der Waals surface area contributed by atoms with Crippen molar-refractivity contribution in [2.75, 3.05) is 41.9 Å². The Morgan fingerprint density at radius 2 is 1.63 bits per heavy atom. The van der Waals surface area contributed by atoms with Crippen LogP contribution in [0.4, 0.5) is 31.9 Å². The Labute approximate surface area is 221 Å². The van der Waals surface area contributed by atoms with E-state index in [4.69, 9.17) is 9.72 Å². The number of rotatable bonds is 6. The molecule has 0 amide bonds. The van der Waals surface area contributed by atoms with Crippen LogP contribution in [0.15, 0.2) is 72.9 Å². The van der Waals surface area contributed by atoms with Crippen LogP contribution >= 0.6 is 0 Å². The van der Waals surface area contributed by atoms with Crippen LogP contribution in [0.1, 0.15) is 19.4 Å². The molecule has 0 spiro atoms. The predicted molar refractivity (Wildman–Crippen MR) is 148 cm³/mol. The van der Waals surface area contributed by atoms with Crippen LogP contribution < -0.4 is 19.9 Å². The fraction of sp³-hybridized carbons (Fsp3) is 0.267. The fourth-order valence-electron chi connectivity index (χ4n) is 4.93. The van der Waals surface area contributed by atoms with E-state index in [1.165, 1.54) is 12.1 Å². The third-order valence-corrected chi connectivity index (χ3v) is 6.91. The summed E-state index contributed by atoms with van der Waals surface area (Å²) in [6, 6.07) is 19.1. The number of halogens is 2. The lowest BCUT2D eigenvalue weighted by atomic mass is 9.98. The second kappa shape index (κ2) is 10.3. The largest absolute Gasteiger partial charge is 0.497 e. The van der Waals surface area contributed by atoms with Crippen LogP contribution in [-0.4, -0.2) is 42.3 Å². The summed E-state index contributed by atoms with van der Waals surface area (Å²) in [6.45, 7) is 8.76. The molecule has 0 unspecified atom stereocenters. The van der Waals surface area contributed by atoms with Gasteiger partial charge in [0.05, 0.1) is 12.6 Å². The van der Waals surface area contributed by atoms with Gasteiger partial charge in [0.2, 0.25) is 5.95 Å². The molecule has 3 aromatic carbocycles. The lowest BCUT2D eigenvalue weighted by molar-refractivity contribution is 0.408. The van der Waals surface area contributed by atoms with Crippen molar-refractivity contribution in [2.45, 2.75) is 26.3 Å². The maximum atomic E-state index is 13.8. The minimum Gasteiger partial charge on any atom is -0.497 e. The SMILES string of the molecule is COc1ccc(N2CCN(c3nccc(Nc4cc(-c5cc(F)cc(F)c5)ccc4C)n3)CC2(C)C)cc1. The van der Waals surface area contributed by atoms with Crippen molar-refractivity contribution in [3.8, 4) is 16.9 Å². The molecule has 0 aliphatic carbocycles. The Bertz CT molecular complexity index is 1420. The van der Waals surface area contributed by atoms with E-state index < -0.39 is 11.6 Å². The van der Waals surface area contributed by atoms with Gasteiger partial charge in [-0.25, -0.2) is 13.8 Å².